The first kappa shape index (κ1) is 14.5. The highest BCUT2D eigenvalue weighted by Gasteiger charge is 2.42. The van der Waals surface area contributed by atoms with Gasteiger partial charge in [0, 0.05) is 11.4 Å². The molecule has 2 aromatic rings. The second-order valence-corrected chi connectivity index (χ2v) is 5.75. The minimum atomic E-state index is 0.0516. The molecule has 0 aromatic heterocycles. The second-order valence-electron chi connectivity index (χ2n) is 5.75. The van der Waals surface area contributed by atoms with E-state index in [0.29, 0.717) is 13.2 Å². The van der Waals surface area contributed by atoms with Crippen LogP contribution in [0.25, 0.3) is 0 Å². The van der Waals surface area contributed by atoms with Crippen molar-refractivity contribution in [3.8, 4) is 0 Å². The Hall–Kier alpha value is -2.08. The van der Waals surface area contributed by atoms with Crippen LogP contribution in [0.3, 0.4) is 0 Å². The van der Waals surface area contributed by atoms with E-state index in [2.05, 4.69) is 10.6 Å². The van der Waals surface area contributed by atoms with Crippen LogP contribution >= 0.6 is 0 Å². The molecular weight excluding hydrogens is 292 g/mol. The smallest absolute Gasteiger partial charge is 0.157 e. The molecule has 2 N–H and O–H groups in total. The van der Waals surface area contributed by atoms with Crippen LogP contribution < -0.4 is 10.6 Å². The van der Waals surface area contributed by atoms with Crippen LogP contribution in [0, 0.1) is 0 Å². The molecule has 0 saturated carbocycles. The Labute approximate surface area is 135 Å². The van der Waals surface area contributed by atoms with E-state index in [-0.39, 0.29) is 24.7 Å². The molecule has 4 unspecified atom stereocenters. The van der Waals surface area contributed by atoms with Crippen molar-refractivity contribution in [2.75, 3.05) is 23.8 Å². The quantitative estimate of drug-likeness (QED) is 0.734. The minimum Gasteiger partial charge on any atom is -0.376 e. The molecule has 120 valence electrons. The fraction of sp³-hybridized carbons (Fsp3) is 0.333. The molecule has 2 fully saturated rings. The van der Waals surface area contributed by atoms with Gasteiger partial charge < -0.3 is 24.8 Å². The van der Waals surface area contributed by atoms with Gasteiger partial charge in [-0.25, -0.2) is 0 Å². The molecule has 0 spiro atoms. The van der Waals surface area contributed by atoms with Crippen LogP contribution in [-0.2, 0) is 14.2 Å². The number of ether oxygens (including phenoxy) is 3. The first-order valence-corrected chi connectivity index (χ1v) is 7.90. The summed E-state index contributed by atoms with van der Waals surface area (Å²) in [5, 5.41) is 6.63. The zero-order valence-corrected chi connectivity index (χ0v) is 12.7. The molecule has 5 heteroatoms. The number of benzene rings is 2. The van der Waals surface area contributed by atoms with Gasteiger partial charge in [-0.1, -0.05) is 36.4 Å². The Morgan fingerprint density at radius 1 is 0.696 bits per heavy atom. The van der Waals surface area contributed by atoms with E-state index in [1.54, 1.807) is 0 Å². The third-order valence-corrected chi connectivity index (χ3v) is 3.89. The van der Waals surface area contributed by atoms with Gasteiger partial charge in [0.15, 0.2) is 12.5 Å². The van der Waals surface area contributed by atoms with Crippen LogP contribution in [0.5, 0.6) is 0 Å². The summed E-state index contributed by atoms with van der Waals surface area (Å²) >= 11 is 0. The normalized spacial score (nSPS) is 28.2. The van der Waals surface area contributed by atoms with Gasteiger partial charge in [0.1, 0.15) is 12.2 Å². The van der Waals surface area contributed by atoms with E-state index < -0.39 is 0 Å². The van der Waals surface area contributed by atoms with Crippen molar-refractivity contribution in [1.82, 2.24) is 0 Å². The minimum absolute atomic E-state index is 0.0516. The summed E-state index contributed by atoms with van der Waals surface area (Å²) in [4.78, 5) is 0. The summed E-state index contributed by atoms with van der Waals surface area (Å²) in [6.07, 6.45) is 0.343. The Kier molecular flexibility index (Phi) is 4.15. The van der Waals surface area contributed by atoms with Gasteiger partial charge in [0.25, 0.3) is 0 Å². The third kappa shape index (κ3) is 4.01. The molecule has 0 bridgehead atoms. The molecule has 2 aliphatic heterocycles. The SMILES string of the molecule is c1ccc(NC2OC2COCC2OC2Nc2ccccc2)cc1. The molecule has 0 radical (unpaired) electrons. The Bertz CT molecular complexity index is 567. The molecule has 2 heterocycles. The van der Waals surface area contributed by atoms with Gasteiger partial charge in [-0.3, -0.25) is 0 Å². The first-order valence-electron chi connectivity index (χ1n) is 7.90. The summed E-state index contributed by atoms with van der Waals surface area (Å²) in [6, 6.07) is 20.1. The van der Waals surface area contributed by atoms with Crippen LogP contribution in [-0.4, -0.2) is 37.9 Å². The van der Waals surface area contributed by atoms with Crippen LogP contribution in [0.1, 0.15) is 0 Å². The van der Waals surface area contributed by atoms with Crippen molar-refractivity contribution < 1.29 is 14.2 Å². The molecule has 0 aliphatic carbocycles. The lowest BCUT2D eigenvalue weighted by atomic mass is 10.3. The Balaban J connectivity index is 1.11. The van der Waals surface area contributed by atoms with Crippen molar-refractivity contribution >= 4 is 11.4 Å². The first-order chi connectivity index (χ1) is 11.4. The van der Waals surface area contributed by atoms with Crippen molar-refractivity contribution in [1.29, 1.82) is 0 Å². The fourth-order valence-corrected chi connectivity index (χ4v) is 2.49. The lowest BCUT2D eigenvalue weighted by Crippen LogP contribution is -2.16. The standard InChI is InChI=1S/C18H20N2O3/c1-3-7-13(8-4-1)19-17-15(22-17)11-21-12-16-18(23-16)20-14-9-5-2-6-10-14/h1-10,15-20H,11-12H2. The summed E-state index contributed by atoms with van der Waals surface area (Å²) < 4.78 is 16.8. The van der Waals surface area contributed by atoms with Crippen LogP contribution in [0.15, 0.2) is 60.7 Å². The molecule has 2 aromatic carbocycles. The van der Waals surface area contributed by atoms with Crippen LogP contribution in [0.4, 0.5) is 11.4 Å². The van der Waals surface area contributed by atoms with Gasteiger partial charge in [0.2, 0.25) is 0 Å². The molecule has 2 saturated heterocycles. The van der Waals surface area contributed by atoms with E-state index in [1.165, 1.54) is 0 Å². The summed E-state index contributed by atoms with van der Waals surface area (Å²) in [6.45, 7) is 1.17. The Morgan fingerprint density at radius 2 is 1.13 bits per heavy atom. The summed E-state index contributed by atoms with van der Waals surface area (Å²) in [7, 11) is 0. The van der Waals surface area contributed by atoms with Gasteiger partial charge in [-0.05, 0) is 24.3 Å². The zero-order chi connectivity index (χ0) is 15.5. The molecule has 23 heavy (non-hydrogen) atoms. The molecule has 4 atom stereocenters. The van der Waals surface area contributed by atoms with E-state index >= 15 is 0 Å². The lowest BCUT2D eigenvalue weighted by Gasteiger charge is -2.03. The summed E-state index contributed by atoms with van der Waals surface area (Å²) in [5.74, 6) is 0. The largest absolute Gasteiger partial charge is 0.376 e. The van der Waals surface area contributed by atoms with E-state index in [9.17, 15) is 0 Å². The number of rotatable bonds is 8. The maximum Gasteiger partial charge on any atom is 0.157 e. The van der Waals surface area contributed by atoms with Crippen molar-refractivity contribution in [3.05, 3.63) is 60.7 Å². The highest BCUT2D eigenvalue weighted by molar-refractivity contribution is 5.44. The Morgan fingerprint density at radius 3 is 1.57 bits per heavy atom. The second kappa shape index (κ2) is 6.58. The van der Waals surface area contributed by atoms with Gasteiger partial charge in [-0.2, -0.15) is 0 Å². The topological polar surface area (TPSA) is 58.4 Å². The lowest BCUT2D eigenvalue weighted by molar-refractivity contribution is 0.102. The van der Waals surface area contributed by atoms with Crippen molar-refractivity contribution in [2.24, 2.45) is 0 Å². The molecular formula is C18H20N2O3. The number of hydrogen-bond acceptors (Lipinski definition) is 5. The van der Waals surface area contributed by atoms with Crippen LogP contribution in [0.2, 0.25) is 0 Å². The van der Waals surface area contributed by atoms with E-state index in [0.717, 1.165) is 11.4 Å². The predicted octanol–water partition coefficient (Wildman–Crippen LogP) is 2.68. The fourth-order valence-electron chi connectivity index (χ4n) is 2.49. The van der Waals surface area contributed by atoms with Gasteiger partial charge in [0.05, 0.1) is 13.2 Å². The predicted molar refractivity (Wildman–Crippen MR) is 88.3 cm³/mol. The van der Waals surface area contributed by atoms with Gasteiger partial charge >= 0.3 is 0 Å². The van der Waals surface area contributed by atoms with Gasteiger partial charge in [-0.15, -0.1) is 0 Å². The third-order valence-electron chi connectivity index (χ3n) is 3.89. The summed E-state index contributed by atoms with van der Waals surface area (Å²) in [5.41, 5.74) is 2.13. The number of nitrogens with one attached hydrogen (secondary N) is 2. The maximum atomic E-state index is 5.69. The van der Waals surface area contributed by atoms with E-state index in [4.69, 9.17) is 14.2 Å². The number of epoxide rings is 2. The molecule has 4 rings (SSSR count). The van der Waals surface area contributed by atoms with E-state index in [1.807, 2.05) is 60.7 Å². The van der Waals surface area contributed by atoms with Crippen molar-refractivity contribution in [3.63, 3.8) is 0 Å². The monoisotopic (exact) mass is 312 g/mol. The average Bonchev–Trinajstić information content (AvgIpc) is 3.49. The zero-order valence-electron chi connectivity index (χ0n) is 12.7. The number of anilines is 2. The molecule has 0 amide bonds. The number of para-hydroxylation sites is 2. The average molecular weight is 312 g/mol. The highest BCUT2D eigenvalue weighted by Crippen LogP contribution is 2.27. The number of hydrogen-bond donors (Lipinski definition) is 2. The molecule has 2 aliphatic rings. The van der Waals surface area contributed by atoms with Crippen molar-refractivity contribution in [2.45, 2.75) is 24.7 Å². The maximum absolute atomic E-state index is 5.69. The molecule has 5 nitrogen and oxygen atoms in total. The highest BCUT2D eigenvalue weighted by atomic mass is 16.6.